The fourth-order valence-electron chi connectivity index (χ4n) is 2.63. The number of rotatable bonds is 4. The summed E-state index contributed by atoms with van der Waals surface area (Å²) in [6.45, 7) is 0.156. The van der Waals surface area contributed by atoms with Crippen LogP contribution in [0, 0.1) is 5.82 Å². The molecule has 0 N–H and O–H groups in total. The third kappa shape index (κ3) is 4.06. The van der Waals surface area contributed by atoms with E-state index in [-0.39, 0.29) is 17.7 Å². The zero-order valence-corrected chi connectivity index (χ0v) is 13.9. The van der Waals surface area contributed by atoms with E-state index in [9.17, 15) is 14.0 Å². The first kappa shape index (κ1) is 17.2. The summed E-state index contributed by atoms with van der Waals surface area (Å²) >= 11 is 5.63. The van der Waals surface area contributed by atoms with E-state index in [0.717, 1.165) is 10.5 Å². The molecule has 0 radical (unpaired) electrons. The molecule has 0 unspecified atom stereocenters. The quantitative estimate of drug-likeness (QED) is 0.773. The minimum Gasteiger partial charge on any atom is -0.447 e. The van der Waals surface area contributed by atoms with Crippen LogP contribution in [0.15, 0.2) is 54.6 Å². The van der Waals surface area contributed by atoms with Gasteiger partial charge in [-0.1, -0.05) is 48.0 Å². The fourth-order valence-corrected chi connectivity index (χ4v) is 2.75. The summed E-state index contributed by atoms with van der Waals surface area (Å²) in [5, 5.41) is 0.00882. The minimum absolute atomic E-state index is 0.00882. The highest BCUT2D eigenvalue weighted by Gasteiger charge is 2.36. The van der Waals surface area contributed by atoms with Crippen LogP contribution in [-0.2, 0) is 16.0 Å². The number of cyclic esters (lactones) is 1. The fraction of sp³-hybridized carbons (Fsp3) is 0.158. The van der Waals surface area contributed by atoms with Gasteiger partial charge in [-0.15, -0.1) is 0 Å². The van der Waals surface area contributed by atoms with Gasteiger partial charge >= 0.3 is 6.09 Å². The number of ether oxygens (including phenoxy) is 1. The Morgan fingerprint density at radius 2 is 2.04 bits per heavy atom. The lowest BCUT2D eigenvalue weighted by Crippen LogP contribution is -2.39. The number of hydrogen-bond donors (Lipinski definition) is 0. The molecule has 25 heavy (non-hydrogen) atoms. The summed E-state index contributed by atoms with van der Waals surface area (Å²) in [5.41, 5.74) is 1.48. The summed E-state index contributed by atoms with van der Waals surface area (Å²) in [6.07, 6.45) is 2.51. The normalized spacial score (nSPS) is 17.1. The Hall–Kier alpha value is -2.66. The largest absolute Gasteiger partial charge is 0.447 e. The van der Waals surface area contributed by atoms with Crippen molar-refractivity contribution in [3.8, 4) is 0 Å². The molecule has 0 saturated carbocycles. The molecule has 1 saturated heterocycles. The maximum atomic E-state index is 13.4. The van der Waals surface area contributed by atoms with Crippen LogP contribution in [0.5, 0.6) is 0 Å². The lowest BCUT2D eigenvalue weighted by atomic mass is 10.1. The van der Waals surface area contributed by atoms with E-state index >= 15 is 0 Å². The van der Waals surface area contributed by atoms with Crippen LogP contribution in [-0.4, -0.2) is 29.5 Å². The molecule has 3 rings (SSSR count). The van der Waals surface area contributed by atoms with Gasteiger partial charge in [-0.3, -0.25) is 4.79 Å². The second-order valence-electron chi connectivity index (χ2n) is 5.64. The summed E-state index contributed by atoms with van der Waals surface area (Å²) in [4.78, 5) is 25.4. The predicted molar refractivity (Wildman–Crippen MR) is 92.6 cm³/mol. The zero-order valence-electron chi connectivity index (χ0n) is 13.2. The monoisotopic (exact) mass is 359 g/mol. The van der Waals surface area contributed by atoms with Gasteiger partial charge in [0.1, 0.15) is 12.4 Å². The highest BCUT2D eigenvalue weighted by atomic mass is 35.5. The highest BCUT2D eigenvalue weighted by Crippen LogP contribution is 2.19. The second kappa shape index (κ2) is 7.49. The Bertz CT molecular complexity index is 823. The molecule has 2 aromatic carbocycles. The van der Waals surface area contributed by atoms with Crippen molar-refractivity contribution in [1.82, 2.24) is 4.90 Å². The van der Waals surface area contributed by atoms with Crippen LogP contribution < -0.4 is 0 Å². The minimum atomic E-state index is -0.669. The third-order valence-electron chi connectivity index (χ3n) is 3.87. The van der Waals surface area contributed by atoms with Crippen LogP contribution in [0.1, 0.15) is 11.1 Å². The third-order valence-corrected chi connectivity index (χ3v) is 4.18. The molecule has 0 bridgehead atoms. The number of benzene rings is 2. The van der Waals surface area contributed by atoms with Crippen LogP contribution in [0.25, 0.3) is 6.08 Å². The van der Waals surface area contributed by atoms with Gasteiger partial charge in [0, 0.05) is 6.08 Å². The van der Waals surface area contributed by atoms with Crippen molar-refractivity contribution in [2.45, 2.75) is 12.5 Å². The van der Waals surface area contributed by atoms with Crippen molar-refractivity contribution in [2.75, 3.05) is 6.61 Å². The number of halogens is 2. The van der Waals surface area contributed by atoms with Crippen LogP contribution in [0.3, 0.4) is 0 Å². The molecule has 6 heteroatoms. The molecule has 1 aliphatic rings. The SMILES string of the molecule is O=C(/C=C/c1ccc(Cl)c(F)c1)N1C(=O)OC[C@H]1Cc1ccccc1. The van der Waals surface area contributed by atoms with Gasteiger partial charge in [0.2, 0.25) is 0 Å². The Morgan fingerprint density at radius 1 is 1.28 bits per heavy atom. The number of nitrogens with zero attached hydrogens (tertiary/aromatic N) is 1. The summed E-state index contributed by atoms with van der Waals surface area (Å²) in [5.74, 6) is -1.07. The number of imide groups is 1. The molecule has 128 valence electrons. The summed E-state index contributed by atoms with van der Waals surface area (Å²) < 4.78 is 18.4. The lowest BCUT2D eigenvalue weighted by Gasteiger charge is -2.18. The van der Waals surface area contributed by atoms with Gasteiger partial charge in [0.25, 0.3) is 5.91 Å². The number of carbonyl (C=O) groups is 2. The van der Waals surface area contributed by atoms with E-state index < -0.39 is 17.8 Å². The van der Waals surface area contributed by atoms with E-state index in [2.05, 4.69) is 0 Å². The van der Waals surface area contributed by atoms with Crippen LogP contribution in [0.4, 0.5) is 9.18 Å². The van der Waals surface area contributed by atoms with E-state index in [1.54, 1.807) is 6.07 Å². The molecule has 0 aliphatic carbocycles. The van der Waals surface area contributed by atoms with Crippen molar-refractivity contribution in [3.05, 3.63) is 76.6 Å². The first-order valence-electron chi connectivity index (χ1n) is 7.71. The molecule has 2 amide bonds. The van der Waals surface area contributed by atoms with Crippen LogP contribution in [0.2, 0.25) is 5.02 Å². The summed E-state index contributed by atoms with van der Waals surface area (Å²) in [6, 6.07) is 13.4. The maximum absolute atomic E-state index is 13.4. The molecular weight excluding hydrogens is 345 g/mol. The molecule has 1 fully saturated rings. The lowest BCUT2D eigenvalue weighted by molar-refractivity contribution is -0.124. The van der Waals surface area contributed by atoms with Crippen LogP contribution >= 0.6 is 11.6 Å². The van der Waals surface area contributed by atoms with E-state index in [0.29, 0.717) is 12.0 Å². The van der Waals surface area contributed by atoms with E-state index in [1.807, 2.05) is 30.3 Å². The average molecular weight is 360 g/mol. The molecule has 1 atom stereocenters. The van der Waals surface area contributed by atoms with E-state index in [4.69, 9.17) is 16.3 Å². The molecular formula is C19H15ClFNO3. The summed E-state index contributed by atoms with van der Waals surface area (Å²) in [7, 11) is 0. The highest BCUT2D eigenvalue weighted by molar-refractivity contribution is 6.30. The second-order valence-corrected chi connectivity index (χ2v) is 6.04. The van der Waals surface area contributed by atoms with Crippen molar-refractivity contribution in [2.24, 2.45) is 0 Å². The first-order chi connectivity index (χ1) is 12.0. The van der Waals surface area contributed by atoms with E-state index in [1.165, 1.54) is 24.3 Å². The Morgan fingerprint density at radius 3 is 2.76 bits per heavy atom. The topological polar surface area (TPSA) is 46.6 Å². The Labute approximate surface area is 149 Å². The van der Waals surface area contributed by atoms with Crippen molar-refractivity contribution in [3.63, 3.8) is 0 Å². The van der Waals surface area contributed by atoms with Crippen molar-refractivity contribution < 1.29 is 18.7 Å². The first-order valence-corrected chi connectivity index (χ1v) is 8.09. The average Bonchev–Trinajstić information content (AvgIpc) is 2.97. The van der Waals surface area contributed by atoms with Crippen molar-refractivity contribution >= 4 is 29.7 Å². The van der Waals surface area contributed by atoms with Gasteiger partial charge in [-0.25, -0.2) is 14.1 Å². The number of amides is 2. The smallest absolute Gasteiger partial charge is 0.417 e. The molecule has 1 heterocycles. The Kier molecular flexibility index (Phi) is 5.14. The van der Waals surface area contributed by atoms with Gasteiger partial charge in [0.15, 0.2) is 0 Å². The molecule has 0 aromatic heterocycles. The standard InChI is InChI=1S/C19H15ClFNO3/c20-16-8-6-14(11-17(16)21)7-9-18(23)22-15(12-25-19(22)24)10-13-4-2-1-3-5-13/h1-9,11,15H,10,12H2/b9-7+/t15-/m1/s1. The molecule has 1 aliphatic heterocycles. The number of hydrogen-bond acceptors (Lipinski definition) is 3. The zero-order chi connectivity index (χ0) is 17.8. The van der Waals surface area contributed by atoms with Gasteiger partial charge in [0.05, 0.1) is 11.1 Å². The Balaban J connectivity index is 1.73. The maximum Gasteiger partial charge on any atom is 0.417 e. The van der Waals surface area contributed by atoms with Crippen molar-refractivity contribution in [1.29, 1.82) is 0 Å². The van der Waals surface area contributed by atoms with Gasteiger partial charge in [-0.05, 0) is 35.8 Å². The molecule has 0 spiro atoms. The molecule has 2 aromatic rings. The molecule has 4 nitrogen and oxygen atoms in total. The number of carbonyl (C=O) groups excluding carboxylic acids is 2. The van der Waals surface area contributed by atoms with Gasteiger partial charge < -0.3 is 4.74 Å². The predicted octanol–water partition coefficient (Wildman–Crippen LogP) is 4.08. The van der Waals surface area contributed by atoms with Gasteiger partial charge in [-0.2, -0.15) is 0 Å².